The summed E-state index contributed by atoms with van der Waals surface area (Å²) in [6.45, 7) is 4.10. The highest BCUT2D eigenvalue weighted by Gasteiger charge is 2.11. The summed E-state index contributed by atoms with van der Waals surface area (Å²) in [6.07, 6.45) is 2.70. The van der Waals surface area contributed by atoms with Crippen LogP contribution < -0.4 is 10.1 Å². The number of fused-ring (bicyclic) bond motifs is 1. The number of nitrogens with zero attached hydrogens (tertiary/aromatic N) is 2. The molecule has 0 aliphatic rings. The third kappa shape index (κ3) is 3.60. The molecular weight excluding hydrogens is 350 g/mol. The summed E-state index contributed by atoms with van der Waals surface area (Å²) in [4.78, 5) is 17.2. The predicted octanol–water partition coefficient (Wildman–Crippen LogP) is 5.25. The lowest BCUT2D eigenvalue weighted by Gasteiger charge is -2.08. The highest BCUT2D eigenvalue weighted by atomic mass is 16.5. The van der Waals surface area contributed by atoms with Gasteiger partial charge in [-0.2, -0.15) is 0 Å². The van der Waals surface area contributed by atoms with Gasteiger partial charge in [-0.05, 0) is 61.9 Å². The fourth-order valence-electron chi connectivity index (χ4n) is 3.11. The quantitative estimate of drug-likeness (QED) is 0.521. The highest BCUT2D eigenvalue weighted by Crippen LogP contribution is 2.23. The second-order valence-corrected chi connectivity index (χ2v) is 6.54. The molecule has 0 radical (unpaired) electrons. The maximum Gasteiger partial charge on any atom is 0.257 e. The number of aryl methyl sites for hydroxylation is 2. The van der Waals surface area contributed by atoms with E-state index < -0.39 is 0 Å². The Kier molecular flexibility index (Phi) is 4.81. The minimum Gasteiger partial charge on any atom is -0.457 e. The average molecular weight is 371 g/mol. The van der Waals surface area contributed by atoms with Crippen LogP contribution in [0.3, 0.4) is 0 Å². The van der Waals surface area contributed by atoms with E-state index in [-0.39, 0.29) is 5.91 Å². The first-order chi connectivity index (χ1) is 13.6. The molecule has 2 aromatic heterocycles. The van der Waals surface area contributed by atoms with E-state index >= 15 is 0 Å². The first-order valence-corrected chi connectivity index (χ1v) is 9.26. The molecular formula is C23H21N3O2. The number of hydrogen-bond donors (Lipinski definition) is 1. The summed E-state index contributed by atoms with van der Waals surface area (Å²) in [6, 6.07) is 20.6. The van der Waals surface area contributed by atoms with E-state index in [0.717, 1.165) is 29.2 Å². The van der Waals surface area contributed by atoms with E-state index in [4.69, 9.17) is 4.74 Å². The van der Waals surface area contributed by atoms with Gasteiger partial charge in [-0.1, -0.05) is 25.1 Å². The van der Waals surface area contributed by atoms with Gasteiger partial charge >= 0.3 is 0 Å². The van der Waals surface area contributed by atoms with Crippen molar-refractivity contribution in [3.63, 3.8) is 0 Å². The molecule has 2 aromatic carbocycles. The number of carbonyl (C=O) groups is 1. The number of ether oxygens (including phenoxy) is 1. The topological polar surface area (TPSA) is 55.6 Å². The molecule has 0 saturated carbocycles. The van der Waals surface area contributed by atoms with Crippen LogP contribution in [-0.4, -0.2) is 15.3 Å². The Labute approximate surface area is 163 Å². The zero-order chi connectivity index (χ0) is 19.5. The smallest absolute Gasteiger partial charge is 0.257 e. The molecule has 4 rings (SSSR count). The molecule has 2 heterocycles. The van der Waals surface area contributed by atoms with Crippen LogP contribution in [-0.2, 0) is 6.42 Å². The van der Waals surface area contributed by atoms with Gasteiger partial charge in [0, 0.05) is 17.6 Å². The second-order valence-electron chi connectivity index (χ2n) is 6.54. The van der Waals surface area contributed by atoms with Crippen LogP contribution >= 0.6 is 0 Å². The number of benzene rings is 2. The highest BCUT2D eigenvalue weighted by molar-refractivity contribution is 6.04. The van der Waals surface area contributed by atoms with Gasteiger partial charge in [-0.15, -0.1) is 0 Å². The van der Waals surface area contributed by atoms with E-state index in [9.17, 15) is 4.79 Å². The average Bonchev–Trinajstić information content (AvgIpc) is 3.05. The SMILES string of the molecule is CCc1nc2ccc(C(=O)Nc3ccc(Oc4ccccc4)cc3)cn2c1C. The van der Waals surface area contributed by atoms with E-state index in [2.05, 4.69) is 17.2 Å². The lowest BCUT2D eigenvalue weighted by molar-refractivity contribution is 0.102. The molecule has 0 aliphatic carbocycles. The summed E-state index contributed by atoms with van der Waals surface area (Å²) in [5.41, 5.74) is 4.26. The van der Waals surface area contributed by atoms with Crippen molar-refractivity contribution in [3.8, 4) is 11.5 Å². The fourth-order valence-corrected chi connectivity index (χ4v) is 3.11. The molecule has 0 saturated heterocycles. The van der Waals surface area contributed by atoms with Crippen LogP contribution in [0.25, 0.3) is 5.65 Å². The van der Waals surface area contributed by atoms with Gasteiger partial charge in [-0.25, -0.2) is 4.98 Å². The van der Waals surface area contributed by atoms with Crippen molar-refractivity contribution in [3.05, 3.63) is 89.9 Å². The van der Waals surface area contributed by atoms with Crippen LogP contribution in [0.15, 0.2) is 72.9 Å². The third-order valence-electron chi connectivity index (χ3n) is 4.64. The number of anilines is 1. The van der Waals surface area contributed by atoms with Crippen LogP contribution in [0.2, 0.25) is 0 Å². The molecule has 0 fully saturated rings. The number of amides is 1. The summed E-state index contributed by atoms with van der Waals surface area (Å²) >= 11 is 0. The van der Waals surface area contributed by atoms with Gasteiger partial charge in [0.15, 0.2) is 0 Å². The Morgan fingerprint density at radius 2 is 1.71 bits per heavy atom. The third-order valence-corrected chi connectivity index (χ3v) is 4.64. The van der Waals surface area contributed by atoms with Crippen molar-refractivity contribution >= 4 is 17.2 Å². The van der Waals surface area contributed by atoms with Gasteiger partial charge in [-0.3, -0.25) is 4.79 Å². The van der Waals surface area contributed by atoms with Crippen LogP contribution in [0.5, 0.6) is 11.5 Å². The van der Waals surface area contributed by atoms with E-state index in [1.54, 1.807) is 6.07 Å². The molecule has 0 spiro atoms. The molecule has 1 amide bonds. The molecule has 5 heteroatoms. The molecule has 0 aliphatic heterocycles. The lowest BCUT2D eigenvalue weighted by atomic mass is 10.2. The van der Waals surface area contributed by atoms with Gasteiger partial charge < -0.3 is 14.5 Å². The Balaban J connectivity index is 1.48. The molecule has 0 atom stereocenters. The van der Waals surface area contributed by atoms with Crippen LogP contribution in [0, 0.1) is 6.92 Å². The van der Waals surface area contributed by atoms with Crippen LogP contribution in [0.4, 0.5) is 5.69 Å². The molecule has 1 N–H and O–H groups in total. The first-order valence-electron chi connectivity index (χ1n) is 9.26. The van der Waals surface area contributed by atoms with Gasteiger partial charge in [0.2, 0.25) is 0 Å². The van der Waals surface area contributed by atoms with Gasteiger partial charge in [0.1, 0.15) is 17.1 Å². The normalized spacial score (nSPS) is 10.8. The van der Waals surface area contributed by atoms with E-state index in [1.165, 1.54) is 0 Å². The maximum absolute atomic E-state index is 12.6. The maximum atomic E-state index is 12.6. The zero-order valence-electron chi connectivity index (χ0n) is 15.8. The monoisotopic (exact) mass is 371 g/mol. The summed E-state index contributed by atoms with van der Waals surface area (Å²) < 4.78 is 7.74. The molecule has 0 bridgehead atoms. The Morgan fingerprint density at radius 1 is 1.00 bits per heavy atom. The Bertz CT molecular complexity index is 1120. The van der Waals surface area contributed by atoms with Crippen molar-refractivity contribution in [1.29, 1.82) is 0 Å². The van der Waals surface area contributed by atoms with E-state index in [1.807, 2.05) is 78.2 Å². The minimum atomic E-state index is -0.162. The second kappa shape index (κ2) is 7.56. The molecule has 140 valence electrons. The number of nitrogens with one attached hydrogen (secondary N) is 1. The van der Waals surface area contributed by atoms with Crippen molar-refractivity contribution in [1.82, 2.24) is 9.38 Å². The summed E-state index contributed by atoms with van der Waals surface area (Å²) in [5, 5.41) is 2.93. The van der Waals surface area contributed by atoms with Crippen molar-refractivity contribution < 1.29 is 9.53 Å². The zero-order valence-corrected chi connectivity index (χ0v) is 15.8. The predicted molar refractivity (Wildman–Crippen MR) is 110 cm³/mol. The van der Waals surface area contributed by atoms with Gasteiger partial charge in [0.05, 0.1) is 11.3 Å². The summed E-state index contributed by atoms with van der Waals surface area (Å²) in [5.74, 6) is 1.33. The minimum absolute atomic E-state index is 0.162. The number of imidazole rings is 1. The van der Waals surface area contributed by atoms with Crippen molar-refractivity contribution in [2.45, 2.75) is 20.3 Å². The largest absolute Gasteiger partial charge is 0.457 e. The Hall–Kier alpha value is -3.60. The fraction of sp³-hybridized carbons (Fsp3) is 0.130. The lowest BCUT2D eigenvalue weighted by Crippen LogP contribution is -2.12. The number of para-hydroxylation sites is 1. The first kappa shape index (κ1) is 17.8. The van der Waals surface area contributed by atoms with E-state index in [0.29, 0.717) is 17.0 Å². The molecule has 5 nitrogen and oxygen atoms in total. The standard InChI is InChI=1S/C23H21N3O2/c1-3-21-16(2)26-15-17(9-14-22(26)25-21)23(27)24-18-10-12-20(13-11-18)28-19-7-5-4-6-8-19/h4-15H,3H2,1-2H3,(H,24,27). The number of pyridine rings is 1. The molecule has 28 heavy (non-hydrogen) atoms. The number of hydrogen-bond acceptors (Lipinski definition) is 3. The number of rotatable bonds is 5. The Morgan fingerprint density at radius 3 is 2.43 bits per heavy atom. The van der Waals surface area contributed by atoms with Crippen molar-refractivity contribution in [2.24, 2.45) is 0 Å². The van der Waals surface area contributed by atoms with Crippen LogP contribution in [0.1, 0.15) is 28.7 Å². The number of carbonyl (C=O) groups excluding carboxylic acids is 1. The molecule has 0 unspecified atom stereocenters. The van der Waals surface area contributed by atoms with Gasteiger partial charge in [0.25, 0.3) is 5.91 Å². The summed E-state index contributed by atoms with van der Waals surface area (Å²) in [7, 11) is 0. The number of aromatic nitrogens is 2. The molecule has 4 aromatic rings. The van der Waals surface area contributed by atoms with Crippen molar-refractivity contribution in [2.75, 3.05) is 5.32 Å².